The van der Waals surface area contributed by atoms with E-state index in [2.05, 4.69) is 30.7 Å². The van der Waals surface area contributed by atoms with Gasteiger partial charge in [0.15, 0.2) is 0 Å². The van der Waals surface area contributed by atoms with Gasteiger partial charge in [0, 0.05) is 36.8 Å². The summed E-state index contributed by atoms with van der Waals surface area (Å²) in [5.74, 6) is 0.742. The maximum atomic E-state index is 6.42. The summed E-state index contributed by atoms with van der Waals surface area (Å²) in [5.41, 5.74) is 6.71. The Labute approximate surface area is 131 Å². The summed E-state index contributed by atoms with van der Waals surface area (Å²) in [5, 5.41) is 0. The molecular formula is C18H35N3. The second kappa shape index (κ2) is 6.17. The molecule has 3 rings (SSSR count). The zero-order chi connectivity index (χ0) is 15.0. The van der Waals surface area contributed by atoms with E-state index in [1.54, 1.807) is 0 Å². The Morgan fingerprint density at radius 2 is 1.67 bits per heavy atom. The van der Waals surface area contributed by atoms with E-state index in [4.69, 9.17) is 5.73 Å². The van der Waals surface area contributed by atoms with Crippen molar-refractivity contribution in [1.82, 2.24) is 9.80 Å². The highest BCUT2D eigenvalue weighted by Crippen LogP contribution is 2.44. The number of hydrogen-bond acceptors (Lipinski definition) is 3. The van der Waals surface area contributed by atoms with Gasteiger partial charge in [-0.2, -0.15) is 0 Å². The molecule has 3 aliphatic rings. The first-order chi connectivity index (χ1) is 10.1. The van der Waals surface area contributed by atoms with Crippen LogP contribution in [0.2, 0.25) is 0 Å². The van der Waals surface area contributed by atoms with Crippen molar-refractivity contribution in [2.24, 2.45) is 11.7 Å². The second-order valence-corrected chi connectivity index (χ2v) is 8.37. The molecule has 122 valence electrons. The van der Waals surface area contributed by atoms with Crippen LogP contribution in [0.4, 0.5) is 0 Å². The van der Waals surface area contributed by atoms with Crippen LogP contribution in [-0.4, -0.2) is 53.6 Å². The van der Waals surface area contributed by atoms with Crippen LogP contribution >= 0.6 is 0 Å². The number of nitrogens with zero attached hydrogens (tertiary/aromatic N) is 2. The lowest BCUT2D eigenvalue weighted by molar-refractivity contribution is -0.0296. The van der Waals surface area contributed by atoms with Crippen LogP contribution in [0.1, 0.15) is 65.2 Å². The highest BCUT2D eigenvalue weighted by molar-refractivity contribution is 5.08. The molecule has 0 aromatic rings. The molecule has 1 saturated carbocycles. The van der Waals surface area contributed by atoms with Crippen molar-refractivity contribution < 1.29 is 0 Å². The molecule has 21 heavy (non-hydrogen) atoms. The normalized spacial score (nSPS) is 38.0. The summed E-state index contributed by atoms with van der Waals surface area (Å²) in [6.45, 7) is 6.84. The zero-order valence-corrected chi connectivity index (χ0v) is 14.4. The smallest absolute Gasteiger partial charge is 0.0364 e. The molecule has 2 atom stereocenters. The van der Waals surface area contributed by atoms with Gasteiger partial charge >= 0.3 is 0 Å². The summed E-state index contributed by atoms with van der Waals surface area (Å²) >= 11 is 0. The molecular weight excluding hydrogens is 258 g/mol. The van der Waals surface area contributed by atoms with Crippen LogP contribution in [0, 0.1) is 5.92 Å². The Kier molecular flexibility index (Phi) is 4.63. The molecule has 1 aliphatic carbocycles. The van der Waals surface area contributed by atoms with Gasteiger partial charge in [-0.1, -0.05) is 26.7 Å². The zero-order valence-electron chi connectivity index (χ0n) is 14.4. The molecule has 3 heteroatoms. The molecule has 3 fully saturated rings. The molecule has 2 bridgehead atoms. The van der Waals surface area contributed by atoms with Crippen molar-refractivity contribution in [2.75, 3.05) is 20.1 Å². The van der Waals surface area contributed by atoms with Gasteiger partial charge in [0.05, 0.1) is 0 Å². The van der Waals surface area contributed by atoms with Crippen LogP contribution in [0.5, 0.6) is 0 Å². The predicted molar refractivity (Wildman–Crippen MR) is 89.4 cm³/mol. The summed E-state index contributed by atoms with van der Waals surface area (Å²) in [6, 6.07) is 2.37. The second-order valence-electron chi connectivity index (χ2n) is 8.37. The lowest BCUT2D eigenvalue weighted by atomic mass is 9.79. The maximum Gasteiger partial charge on any atom is 0.0364 e. The Morgan fingerprint density at radius 1 is 1.10 bits per heavy atom. The minimum Gasteiger partial charge on any atom is -0.329 e. The third-order valence-corrected chi connectivity index (χ3v) is 6.53. The van der Waals surface area contributed by atoms with Crippen molar-refractivity contribution in [1.29, 1.82) is 0 Å². The van der Waals surface area contributed by atoms with Gasteiger partial charge in [0.25, 0.3) is 0 Å². The third-order valence-electron chi connectivity index (χ3n) is 6.53. The largest absolute Gasteiger partial charge is 0.329 e. The van der Waals surface area contributed by atoms with E-state index in [9.17, 15) is 0 Å². The molecule has 0 aromatic heterocycles. The van der Waals surface area contributed by atoms with Gasteiger partial charge in [0.1, 0.15) is 0 Å². The fourth-order valence-electron chi connectivity index (χ4n) is 5.40. The van der Waals surface area contributed by atoms with Crippen LogP contribution in [0.25, 0.3) is 0 Å². The van der Waals surface area contributed by atoms with E-state index in [-0.39, 0.29) is 5.54 Å². The Bertz CT molecular complexity index is 334. The molecule has 0 radical (unpaired) electrons. The van der Waals surface area contributed by atoms with E-state index >= 15 is 0 Å². The first kappa shape index (κ1) is 15.8. The van der Waals surface area contributed by atoms with Gasteiger partial charge in [0.2, 0.25) is 0 Å². The van der Waals surface area contributed by atoms with Crippen molar-refractivity contribution in [3.63, 3.8) is 0 Å². The first-order valence-corrected chi connectivity index (χ1v) is 9.24. The Balaban J connectivity index is 1.84. The number of rotatable bonds is 5. The average molecular weight is 293 g/mol. The highest BCUT2D eigenvalue weighted by Gasteiger charge is 2.50. The molecule has 0 spiro atoms. The lowest BCUT2D eigenvalue weighted by Crippen LogP contribution is -2.64. The number of fused-ring (bicyclic) bond motifs is 2. The first-order valence-electron chi connectivity index (χ1n) is 9.24. The van der Waals surface area contributed by atoms with E-state index in [1.165, 1.54) is 57.9 Å². The summed E-state index contributed by atoms with van der Waals surface area (Å²) in [4.78, 5) is 5.54. The van der Waals surface area contributed by atoms with Crippen molar-refractivity contribution in [3.05, 3.63) is 0 Å². The SMILES string of the molecule is CC(C)CN(C1CCCC1)C1(CN)CC2CCC(C1)N2C. The quantitative estimate of drug-likeness (QED) is 0.846. The van der Waals surface area contributed by atoms with Crippen LogP contribution in [-0.2, 0) is 0 Å². The van der Waals surface area contributed by atoms with Gasteiger partial charge in [-0.05, 0) is 51.5 Å². The summed E-state index contributed by atoms with van der Waals surface area (Å²) < 4.78 is 0. The summed E-state index contributed by atoms with van der Waals surface area (Å²) in [6.07, 6.45) is 11.0. The monoisotopic (exact) mass is 293 g/mol. The van der Waals surface area contributed by atoms with Crippen molar-refractivity contribution >= 4 is 0 Å². The number of hydrogen-bond donors (Lipinski definition) is 1. The van der Waals surface area contributed by atoms with E-state index in [0.717, 1.165) is 30.6 Å². The molecule has 0 aromatic carbocycles. The molecule has 3 nitrogen and oxygen atoms in total. The van der Waals surface area contributed by atoms with Crippen LogP contribution in [0.3, 0.4) is 0 Å². The van der Waals surface area contributed by atoms with Crippen molar-refractivity contribution in [3.8, 4) is 0 Å². The van der Waals surface area contributed by atoms with E-state index in [1.807, 2.05) is 0 Å². The lowest BCUT2D eigenvalue weighted by Gasteiger charge is -2.53. The fourth-order valence-corrected chi connectivity index (χ4v) is 5.40. The maximum absolute atomic E-state index is 6.42. The number of nitrogens with two attached hydrogens (primary N) is 1. The Morgan fingerprint density at radius 3 is 2.14 bits per heavy atom. The molecule has 2 aliphatic heterocycles. The van der Waals surface area contributed by atoms with Gasteiger partial charge in [-0.25, -0.2) is 0 Å². The van der Waals surface area contributed by atoms with Crippen LogP contribution in [0.15, 0.2) is 0 Å². The minimum atomic E-state index is 0.289. The summed E-state index contributed by atoms with van der Waals surface area (Å²) in [7, 11) is 2.34. The molecule has 2 N–H and O–H groups in total. The van der Waals surface area contributed by atoms with E-state index < -0.39 is 0 Å². The van der Waals surface area contributed by atoms with E-state index in [0.29, 0.717) is 0 Å². The number of piperidine rings is 1. The molecule has 2 heterocycles. The molecule has 2 saturated heterocycles. The molecule has 2 unspecified atom stereocenters. The Hall–Kier alpha value is -0.120. The minimum absolute atomic E-state index is 0.289. The van der Waals surface area contributed by atoms with Gasteiger partial charge in [-0.3, -0.25) is 4.90 Å². The predicted octanol–water partition coefficient (Wildman–Crippen LogP) is 2.84. The standard InChI is InChI=1S/C18H35N3/c1-14(2)12-21(15-6-4-5-7-15)18(13-19)10-16-8-9-17(11-18)20(16)3/h14-17H,4-13,19H2,1-3H3. The fraction of sp³-hybridized carbons (Fsp3) is 1.00. The topological polar surface area (TPSA) is 32.5 Å². The van der Waals surface area contributed by atoms with Gasteiger partial charge in [-0.15, -0.1) is 0 Å². The van der Waals surface area contributed by atoms with Crippen molar-refractivity contribution in [2.45, 2.75) is 88.9 Å². The highest BCUT2D eigenvalue weighted by atomic mass is 15.3. The average Bonchev–Trinajstić information content (AvgIpc) is 3.03. The van der Waals surface area contributed by atoms with Crippen LogP contribution < -0.4 is 5.73 Å². The molecule has 0 amide bonds. The third kappa shape index (κ3) is 2.89. The van der Waals surface area contributed by atoms with Gasteiger partial charge < -0.3 is 10.6 Å².